The van der Waals surface area contributed by atoms with Gasteiger partial charge in [0.1, 0.15) is 11.9 Å². The number of ether oxygens (including phenoxy) is 1. The second-order valence-corrected chi connectivity index (χ2v) is 4.48. The van der Waals surface area contributed by atoms with E-state index in [1.807, 2.05) is 0 Å². The quantitative estimate of drug-likeness (QED) is 0.858. The molecule has 5 heteroatoms. The number of carbonyl (C=O) groups excluding carboxylic acids is 1. The third-order valence-corrected chi connectivity index (χ3v) is 3.13. The van der Waals surface area contributed by atoms with Crippen LogP contribution in [0.1, 0.15) is 18.4 Å². The summed E-state index contributed by atoms with van der Waals surface area (Å²) in [6.07, 6.45) is 0.798. The van der Waals surface area contributed by atoms with Crippen LogP contribution in [0.3, 0.4) is 0 Å². The first-order valence-electron chi connectivity index (χ1n) is 6.03. The molecule has 1 aromatic carbocycles. The fourth-order valence-corrected chi connectivity index (χ4v) is 2.07. The van der Waals surface area contributed by atoms with Crippen molar-refractivity contribution in [1.29, 1.82) is 0 Å². The molecule has 2 atom stereocenters. The highest BCUT2D eigenvalue weighted by Crippen LogP contribution is 2.23. The van der Waals surface area contributed by atoms with E-state index in [2.05, 4.69) is 5.32 Å². The normalized spacial score (nSPS) is 23.1. The van der Waals surface area contributed by atoms with Gasteiger partial charge in [-0.05, 0) is 31.4 Å². The fourth-order valence-electron chi connectivity index (χ4n) is 2.07. The molecule has 2 unspecified atom stereocenters. The van der Waals surface area contributed by atoms with E-state index >= 15 is 0 Å². The van der Waals surface area contributed by atoms with E-state index in [9.17, 15) is 9.18 Å². The zero-order chi connectivity index (χ0) is 13.1. The number of anilines is 1. The van der Waals surface area contributed by atoms with Crippen LogP contribution in [0, 0.1) is 12.7 Å². The molecular weight excluding hydrogens is 235 g/mol. The number of para-hydroxylation sites is 1. The molecule has 0 saturated carbocycles. The number of amides is 1. The number of hydrogen-bond acceptors (Lipinski definition) is 3. The highest BCUT2D eigenvalue weighted by Gasteiger charge is 2.30. The summed E-state index contributed by atoms with van der Waals surface area (Å²) in [6, 6.07) is 4.68. The Balaban J connectivity index is 2.04. The van der Waals surface area contributed by atoms with Gasteiger partial charge in [0.25, 0.3) is 5.91 Å². The van der Waals surface area contributed by atoms with Crippen LogP contribution in [0.25, 0.3) is 0 Å². The monoisotopic (exact) mass is 252 g/mol. The van der Waals surface area contributed by atoms with E-state index in [-0.39, 0.29) is 17.7 Å². The molecule has 0 spiro atoms. The summed E-state index contributed by atoms with van der Waals surface area (Å²) in [6.45, 7) is 2.15. The van der Waals surface area contributed by atoms with Crippen molar-refractivity contribution in [1.82, 2.24) is 0 Å². The van der Waals surface area contributed by atoms with E-state index < -0.39 is 11.9 Å². The Kier molecular flexibility index (Phi) is 3.93. The van der Waals surface area contributed by atoms with Gasteiger partial charge >= 0.3 is 0 Å². The molecule has 4 nitrogen and oxygen atoms in total. The number of aryl methyl sites for hydroxylation is 1. The van der Waals surface area contributed by atoms with Crippen molar-refractivity contribution >= 4 is 11.6 Å². The Hall–Kier alpha value is -1.46. The zero-order valence-electron chi connectivity index (χ0n) is 10.3. The summed E-state index contributed by atoms with van der Waals surface area (Å²) in [5.74, 6) is -0.740. The Labute approximate surface area is 105 Å². The van der Waals surface area contributed by atoms with Crippen LogP contribution in [0.5, 0.6) is 0 Å². The molecule has 0 aromatic heterocycles. The molecule has 1 aliphatic heterocycles. The maximum absolute atomic E-state index is 13.6. The molecule has 1 amide bonds. The predicted octanol–water partition coefficient (Wildman–Crippen LogP) is 1.58. The summed E-state index contributed by atoms with van der Waals surface area (Å²) < 4.78 is 19.0. The van der Waals surface area contributed by atoms with Crippen LogP contribution >= 0.6 is 0 Å². The van der Waals surface area contributed by atoms with Crippen LogP contribution in [-0.2, 0) is 9.53 Å². The SMILES string of the molecule is Cc1cccc(F)c1NC(=O)C1CCC(CN)O1. The van der Waals surface area contributed by atoms with Crippen LogP contribution in [0.4, 0.5) is 10.1 Å². The van der Waals surface area contributed by atoms with Gasteiger partial charge in [-0.15, -0.1) is 0 Å². The molecule has 0 bridgehead atoms. The van der Waals surface area contributed by atoms with E-state index in [0.717, 1.165) is 6.42 Å². The smallest absolute Gasteiger partial charge is 0.253 e. The van der Waals surface area contributed by atoms with Crippen molar-refractivity contribution in [3.63, 3.8) is 0 Å². The van der Waals surface area contributed by atoms with Crippen LogP contribution in [0.15, 0.2) is 18.2 Å². The number of nitrogens with two attached hydrogens (primary N) is 1. The average molecular weight is 252 g/mol. The minimum absolute atomic E-state index is 0.0672. The van der Waals surface area contributed by atoms with Crippen molar-refractivity contribution < 1.29 is 13.9 Å². The second kappa shape index (κ2) is 5.46. The van der Waals surface area contributed by atoms with Gasteiger partial charge in [0.15, 0.2) is 0 Å². The molecule has 1 heterocycles. The van der Waals surface area contributed by atoms with Crippen LogP contribution in [0.2, 0.25) is 0 Å². The molecular formula is C13H17FN2O2. The lowest BCUT2D eigenvalue weighted by Gasteiger charge is -2.14. The first kappa shape index (κ1) is 13.0. The molecule has 0 aliphatic carbocycles. The zero-order valence-corrected chi connectivity index (χ0v) is 10.3. The van der Waals surface area contributed by atoms with E-state index in [4.69, 9.17) is 10.5 Å². The molecule has 1 aromatic rings. The maximum atomic E-state index is 13.6. The predicted molar refractivity (Wildman–Crippen MR) is 66.7 cm³/mol. The van der Waals surface area contributed by atoms with Crippen molar-refractivity contribution in [2.24, 2.45) is 5.73 Å². The maximum Gasteiger partial charge on any atom is 0.253 e. The number of rotatable bonds is 3. The van der Waals surface area contributed by atoms with Gasteiger partial charge in [-0.3, -0.25) is 4.79 Å². The van der Waals surface area contributed by atoms with E-state index in [0.29, 0.717) is 18.5 Å². The van der Waals surface area contributed by atoms with Crippen molar-refractivity contribution in [2.75, 3.05) is 11.9 Å². The Morgan fingerprint density at radius 2 is 2.33 bits per heavy atom. The molecule has 1 aliphatic rings. The van der Waals surface area contributed by atoms with Crippen molar-refractivity contribution in [3.05, 3.63) is 29.6 Å². The number of nitrogens with one attached hydrogen (secondary N) is 1. The van der Waals surface area contributed by atoms with Gasteiger partial charge < -0.3 is 15.8 Å². The molecule has 2 rings (SSSR count). The second-order valence-electron chi connectivity index (χ2n) is 4.48. The highest BCUT2D eigenvalue weighted by atomic mass is 19.1. The summed E-state index contributed by atoms with van der Waals surface area (Å²) in [5.41, 5.74) is 6.40. The molecule has 1 saturated heterocycles. The summed E-state index contributed by atoms with van der Waals surface area (Å²) in [7, 11) is 0. The largest absolute Gasteiger partial charge is 0.364 e. The van der Waals surface area contributed by atoms with E-state index in [1.165, 1.54) is 6.07 Å². The Morgan fingerprint density at radius 1 is 1.56 bits per heavy atom. The summed E-state index contributed by atoms with van der Waals surface area (Å²) in [4.78, 5) is 11.9. The highest BCUT2D eigenvalue weighted by molar-refractivity contribution is 5.95. The van der Waals surface area contributed by atoms with Crippen molar-refractivity contribution in [2.45, 2.75) is 32.0 Å². The van der Waals surface area contributed by atoms with Gasteiger partial charge in [-0.25, -0.2) is 4.39 Å². The third-order valence-electron chi connectivity index (χ3n) is 3.13. The Bertz CT molecular complexity index is 430. The van der Waals surface area contributed by atoms with E-state index in [1.54, 1.807) is 19.1 Å². The molecule has 1 fully saturated rings. The van der Waals surface area contributed by atoms with Gasteiger partial charge in [-0.1, -0.05) is 12.1 Å². The lowest BCUT2D eigenvalue weighted by Crippen LogP contribution is -2.30. The lowest BCUT2D eigenvalue weighted by atomic mass is 10.1. The molecule has 0 radical (unpaired) electrons. The number of benzene rings is 1. The third kappa shape index (κ3) is 2.68. The van der Waals surface area contributed by atoms with Crippen LogP contribution in [-0.4, -0.2) is 24.7 Å². The number of halogens is 1. The number of carbonyl (C=O) groups is 1. The van der Waals surface area contributed by atoms with Crippen molar-refractivity contribution in [3.8, 4) is 0 Å². The standard InChI is InChI=1S/C13H17FN2O2/c1-8-3-2-4-10(14)12(8)16-13(17)11-6-5-9(7-15)18-11/h2-4,9,11H,5-7,15H2,1H3,(H,16,17). The Morgan fingerprint density at radius 3 is 2.94 bits per heavy atom. The number of hydrogen-bond donors (Lipinski definition) is 2. The first-order chi connectivity index (χ1) is 8.61. The molecule has 18 heavy (non-hydrogen) atoms. The molecule has 3 N–H and O–H groups in total. The topological polar surface area (TPSA) is 64.4 Å². The fraction of sp³-hybridized carbons (Fsp3) is 0.462. The summed E-state index contributed by atoms with van der Waals surface area (Å²) >= 11 is 0. The molecule has 98 valence electrons. The minimum atomic E-state index is -0.530. The van der Waals surface area contributed by atoms with Crippen LogP contribution < -0.4 is 11.1 Å². The average Bonchev–Trinajstić information content (AvgIpc) is 2.82. The van der Waals surface area contributed by atoms with Gasteiger partial charge in [0, 0.05) is 6.54 Å². The summed E-state index contributed by atoms with van der Waals surface area (Å²) in [5, 5.41) is 2.59. The van der Waals surface area contributed by atoms with Gasteiger partial charge in [-0.2, -0.15) is 0 Å². The lowest BCUT2D eigenvalue weighted by molar-refractivity contribution is -0.126. The first-order valence-corrected chi connectivity index (χ1v) is 6.03. The van der Waals surface area contributed by atoms with Gasteiger partial charge in [0.05, 0.1) is 11.8 Å². The minimum Gasteiger partial charge on any atom is -0.364 e. The van der Waals surface area contributed by atoms with Gasteiger partial charge in [0.2, 0.25) is 0 Å².